The smallest absolute Gasteiger partial charge is 0.270 e. The molecule has 20 heavy (non-hydrogen) atoms. The normalized spacial score (nSPS) is 10.4. The Kier molecular flexibility index (Phi) is 5.32. The molecule has 0 radical (unpaired) electrons. The number of ether oxygens (including phenoxy) is 1. The van der Waals surface area contributed by atoms with E-state index in [0.29, 0.717) is 25.4 Å². The molecule has 2 N–H and O–H groups in total. The minimum absolute atomic E-state index is 0.147. The van der Waals surface area contributed by atoms with Gasteiger partial charge in [-0.05, 0) is 24.9 Å². The van der Waals surface area contributed by atoms with Gasteiger partial charge < -0.3 is 10.5 Å². The summed E-state index contributed by atoms with van der Waals surface area (Å²) in [7, 11) is 0. The van der Waals surface area contributed by atoms with Gasteiger partial charge in [-0.3, -0.25) is 4.79 Å². The molecule has 0 bridgehead atoms. The molecule has 106 valence electrons. The van der Waals surface area contributed by atoms with Crippen LogP contribution in [0.2, 0.25) is 0 Å². The van der Waals surface area contributed by atoms with Gasteiger partial charge in [0, 0.05) is 12.6 Å². The number of nitrogens with two attached hydrogens (primary N) is 1. The van der Waals surface area contributed by atoms with Gasteiger partial charge in [0.1, 0.15) is 5.75 Å². The van der Waals surface area contributed by atoms with E-state index in [-0.39, 0.29) is 5.56 Å². The SMILES string of the molecule is NCCCOc1cnn(CCc2ccccc2)c(=O)c1. The van der Waals surface area contributed by atoms with Crippen LogP contribution in [0.5, 0.6) is 5.75 Å². The van der Waals surface area contributed by atoms with Crippen LogP contribution in [0.4, 0.5) is 0 Å². The van der Waals surface area contributed by atoms with Gasteiger partial charge in [0.15, 0.2) is 0 Å². The standard InChI is InChI=1S/C15H19N3O2/c16-8-4-10-20-14-11-15(19)18(17-12-14)9-7-13-5-2-1-3-6-13/h1-3,5-6,11-12H,4,7-10,16H2. The Labute approximate surface area is 118 Å². The van der Waals surface area contributed by atoms with Crippen LogP contribution in [-0.2, 0) is 13.0 Å². The predicted octanol–water partition coefficient (Wildman–Crippen LogP) is 1.21. The molecule has 2 aromatic rings. The summed E-state index contributed by atoms with van der Waals surface area (Å²) in [6.07, 6.45) is 3.11. The molecule has 0 saturated heterocycles. The van der Waals surface area contributed by atoms with Crippen LogP contribution in [0.1, 0.15) is 12.0 Å². The van der Waals surface area contributed by atoms with Crippen LogP contribution in [0.3, 0.4) is 0 Å². The lowest BCUT2D eigenvalue weighted by atomic mass is 10.1. The Hall–Kier alpha value is -2.14. The molecule has 1 heterocycles. The average molecular weight is 273 g/mol. The highest BCUT2D eigenvalue weighted by atomic mass is 16.5. The van der Waals surface area contributed by atoms with E-state index in [2.05, 4.69) is 5.10 Å². The van der Waals surface area contributed by atoms with Crippen molar-refractivity contribution in [2.75, 3.05) is 13.2 Å². The van der Waals surface area contributed by atoms with Crippen molar-refractivity contribution in [2.45, 2.75) is 19.4 Å². The largest absolute Gasteiger partial charge is 0.492 e. The number of aryl methyl sites for hydroxylation is 2. The third kappa shape index (κ3) is 4.20. The maximum Gasteiger partial charge on any atom is 0.270 e. The lowest BCUT2D eigenvalue weighted by Crippen LogP contribution is -2.23. The Morgan fingerprint density at radius 3 is 2.75 bits per heavy atom. The number of hydrogen-bond donors (Lipinski definition) is 1. The highest BCUT2D eigenvalue weighted by Crippen LogP contribution is 2.05. The zero-order valence-corrected chi connectivity index (χ0v) is 11.4. The van der Waals surface area contributed by atoms with E-state index in [1.165, 1.54) is 16.3 Å². The first-order valence-electron chi connectivity index (χ1n) is 6.73. The van der Waals surface area contributed by atoms with Gasteiger partial charge in [-0.1, -0.05) is 30.3 Å². The Morgan fingerprint density at radius 2 is 2.05 bits per heavy atom. The molecule has 0 fully saturated rings. The lowest BCUT2D eigenvalue weighted by molar-refractivity contribution is 0.309. The van der Waals surface area contributed by atoms with Crippen molar-refractivity contribution < 1.29 is 4.74 Å². The molecule has 1 aromatic heterocycles. The Bertz CT molecular complexity index is 581. The predicted molar refractivity (Wildman–Crippen MR) is 77.8 cm³/mol. The molecule has 0 aliphatic rings. The second-order valence-corrected chi connectivity index (χ2v) is 4.48. The summed E-state index contributed by atoms with van der Waals surface area (Å²) in [5.74, 6) is 0.499. The monoisotopic (exact) mass is 273 g/mol. The molecule has 0 atom stereocenters. The molecule has 0 unspecified atom stereocenters. The van der Waals surface area contributed by atoms with Gasteiger partial charge in [-0.15, -0.1) is 0 Å². The second-order valence-electron chi connectivity index (χ2n) is 4.48. The zero-order chi connectivity index (χ0) is 14.2. The van der Waals surface area contributed by atoms with E-state index in [1.807, 2.05) is 30.3 Å². The number of benzene rings is 1. The van der Waals surface area contributed by atoms with Crippen molar-refractivity contribution in [2.24, 2.45) is 5.73 Å². The summed E-state index contributed by atoms with van der Waals surface area (Å²) in [6, 6.07) is 11.5. The highest BCUT2D eigenvalue weighted by Gasteiger charge is 2.01. The molecule has 1 aromatic carbocycles. The molecule has 5 heteroatoms. The average Bonchev–Trinajstić information content (AvgIpc) is 2.48. The van der Waals surface area contributed by atoms with Gasteiger partial charge in [-0.25, -0.2) is 4.68 Å². The molecule has 5 nitrogen and oxygen atoms in total. The summed E-state index contributed by atoms with van der Waals surface area (Å²) < 4.78 is 6.84. The fourth-order valence-electron chi connectivity index (χ4n) is 1.82. The van der Waals surface area contributed by atoms with E-state index in [9.17, 15) is 4.79 Å². The molecular formula is C15H19N3O2. The summed E-state index contributed by atoms with van der Waals surface area (Å²) >= 11 is 0. The number of hydrogen-bond acceptors (Lipinski definition) is 4. The molecule has 0 aliphatic carbocycles. The topological polar surface area (TPSA) is 70.1 Å². The van der Waals surface area contributed by atoms with Gasteiger partial charge in [0.05, 0.1) is 12.8 Å². The number of rotatable bonds is 7. The van der Waals surface area contributed by atoms with Crippen molar-refractivity contribution in [1.29, 1.82) is 0 Å². The summed E-state index contributed by atoms with van der Waals surface area (Å²) in [5, 5.41) is 4.12. The molecule has 2 rings (SSSR count). The molecular weight excluding hydrogens is 254 g/mol. The maximum absolute atomic E-state index is 11.9. The van der Waals surface area contributed by atoms with Crippen molar-refractivity contribution in [1.82, 2.24) is 9.78 Å². The van der Waals surface area contributed by atoms with Crippen LogP contribution in [0.15, 0.2) is 47.4 Å². The molecule has 0 aliphatic heterocycles. The highest BCUT2D eigenvalue weighted by molar-refractivity contribution is 5.15. The number of aromatic nitrogens is 2. The fraction of sp³-hybridized carbons (Fsp3) is 0.333. The van der Waals surface area contributed by atoms with Gasteiger partial charge in [0.2, 0.25) is 0 Å². The third-order valence-electron chi connectivity index (χ3n) is 2.92. The summed E-state index contributed by atoms with van der Waals surface area (Å²) in [4.78, 5) is 11.9. The van der Waals surface area contributed by atoms with E-state index in [0.717, 1.165) is 12.8 Å². The summed E-state index contributed by atoms with van der Waals surface area (Å²) in [5.41, 5.74) is 6.42. The van der Waals surface area contributed by atoms with Crippen LogP contribution in [0.25, 0.3) is 0 Å². The summed E-state index contributed by atoms with van der Waals surface area (Å²) in [6.45, 7) is 1.64. The van der Waals surface area contributed by atoms with Crippen molar-refractivity contribution >= 4 is 0 Å². The van der Waals surface area contributed by atoms with E-state index >= 15 is 0 Å². The van der Waals surface area contributed by atoms with Crippen LogP contribution >= 0.6 is 0 Å². The first-order valence-corrected chi connectivity index (χ1v) is 6.73. The van der Waals surface area contributed by atoms with Crippen molar-refractivity contribution in [3.05, 3.63) is 58.5 Å². The van der Waals surface area contributed by atoms with Crippen molar-refractivity contribution in [3.63, 3.8) is 0 Å². The van der Waals surface area contributed by atoms with E-state index in [4.69, 9.17) is 10.5 Å². The first kappa shape index (κ1) is 14.3. The van der Waals surface area contributed by atoms with Crippen LogP contribution in [-0.4, -0.2) is 22.9 Å². The quantitative estimate of drug-likeness (QED) is 0.770. The molecule has 0 amide bonds. The molecule has 0 saturated carbocycles. The first-order chi connectivity index (χ1) is 9.79. The Morgan fingerprint density at radius 1 is 1.25 bits per heavy atom. The maximum atomic E-state index is 11.9. The van der Waals surface area contributed by atoms with Crippen LogP contribution in [0, 0.1) is 0 Å². The zero-order valence-electron chi connectivity index (χ0n) is 11.4. The van der Waals surface area contributed by atoms with E-state index in [1.54, 1.807) is 6.20 Å². The van der Waals surface area contributed by atoms with Gasteiger partial charge >= 0.3 is 0 Å². The fourth-order valence-corrected chi connectivity index (χ4v) is 1.82. The lowest BCUT2D eigenvalue weighted by Gasteiger charge is -2.07. The minimum atomic E-state index is -0.147. The second kappa shape index (κ2) is 7.45. The third-order valence-corrected chi connectivity index (χ3v) is 2.92. The Balaban J connectivity index is 1.94. The van der Waals surface area contributed by atoms with Crippen LogP contribution < -0.4 is 16.0 Å². The number of nitrogens with zero attached hydrogens (tertiary/aromatic N) is 2. The minimum Gasteiger partial charge on any atom is -0.492 e. The van der Waals surface area contributed by atoms with Crippen molar-refractivity contribution in [3.8, 4) is 5.75 Å². The van der Waals surface area contributed by atoms with Gasteiger partial charge in [-0.2, -0.15) is 5.10 Å². The van der Waals surface area contributed by atoms with E-state index < -0.39 is 0 Å². The van der Waals surface area contributed by atoms with Gasteiger partial charge in [0.25, 0.3) is 5.56 Å². The molecule has 0 spiro atoms.